The van der Waals surface area contributed by atoms with Crippen LogP contribution in [0.2, 0.25) is 0 Å². The number of anilines is 1. The maximum atomic E-state index is 12.3. The molecule has 3 N–H and O–H groups in total. The second-order valence-corrected chi connectivity index (χ2v) is 8.13. The van der Waals surface area contributed by atoms with E-state index < -0.39 is 0 Å². The molecule has 27 heavy (non-hydrogen) atoms. The van der Waals surface area contributed by atoms with E-state index in [1.807, 2.05) is 37.4 Å². The normalized spacial score (nSPS) is 15.0. The molecule has 0 saturated heterocycles. The number of aliphatic imine (C=N–C) groups is 1. The van der Waals surface area contributed by atoms with Crippen LogP contribution in [-0.2, 0) is 17.9 Å². The van der Waals surface area contributed by atoms with Crippen molar-refractivity contribution >= 4 is 28.9 Å². The summed E-state index contributed by atoms with van der Waals surface area (Å²) in [6.45, 7) is 3.33. The molecule has 1 aliphatic carbocycles. The van der Waals surface area contributed by atoms with E-state index >= 15 is 0 Å². The van der Waals surface area contributed by atoms with Gasteiger partial charge in [0.2, 0.25) is 5.91 Å². The van der Waals surface area contributed by atoms with Crippen molar-refractivity contribution in [3.63, 3.8) is 0 Å². The van der Waals surface area contributed by atoms with Crippen LogP contribution in [0.3, 0.4) is 0 Å². The minimum atomic E-state index is 0.147. The first-order chi connectivity index (χ1) is 13.1. The Morgan fingerprint density at radius 1 is 1.26 bits per heavy atom. The van der Waals surface area contributed by atoms with Gasteiger partial charge in [0, 0.05) is 36.3 Å². The van der Waals surface area contributed by atoms with Crippen LogP contribution in [0, 0.1) is 12.8 Å². The molecule has 0 aliphatic heterocycles. The molecule has 0 radical (unpaired) electrons. The molecule has 2 aromatic rings. The number of thiazole rings is 1. The maximum absolute atomic E-state index is 12.3. The Kier molecular flexibility index (Phi) is 6.81. The van der Waals surface area contributed by atoms with E-state index in [0.29, 0.717) is 13.1 Å². The number of nitrogens with one attached hydrogen (secondary N) is 3. The number of rotatable bonds is 6. The second-order valence-electron chi connectivity index (χ2n) is 6.81. The van der Waals surface area contributed by atoms with Gasteiger partial charge in [-0.25, -0.2) is 4.98 Å². The minimum Gasteiger partial charge on any atom is -0.352 e. The lowest BCUT2D eigenvalue weighted by atomic mass is 10.1. The van der Waals surface area contributed by atoms with Gasteiger partial charge in [-0.15, -0.1) is 11.3 Å². The van der Waals surface area contributed by atoms with Crippen molar-refractivity contribution in [1.82, 2.24) is 15.6 Å². The molecule has 0 bridgehead atoms. The van der Waals surface area contributed by atoms with Crippen LogP contribution in [0.1, 0.15) is 41.1 Å². The first kappa shape index (κ1) is 19.4. The zero-order valence-corrected chi connectivity index (χ0v) is 16.7. The van der Waals surface area contributed by atoms with Crippen molar-refractivity contribution in [3.8, 4) is 0 Å². The summed E-state index contributed by atoms with van der Waals surface area (Å²) in [7, 11) is 1.75. The second kappa shape index (κ2) is 9.50. The Hall–Kier alpha value is -2.41. The molecular weight excluding hydrogens is 358 g/mol. The Bertz CT molecular complexity index is 795. The predicted octanol–water partition coefficient (Wildman–Crippen LogP) is 3.45. The molecule has 1 amide bonds. The van der Waals surface area contributed by atoms with Crippen molar-refractivity contribution in [2.75, 3.05) is 12.4 Å². The standard InChI is InChI=1S/C20H27N5OS/c1-14-11-22-18(27-14)13-24-20(21-2)23-12-15-6-5-9-17(10-15)25-19(26)16-7-3-4-8-16/h5-6,9-11,16H,3-4,7-8,12-13H2,1-2H3,(H,25,26)(H2,21,23,24). The molecule has 1 fully saturated rings. The number of aryl methyl sites for hydroxylation is 1. The van der Waals surface area contributed by atoms with Crippen molar-refractivity contribution < 1.29 is 4.79 Å². The Labute approximate surface area is 164 Å². The van der Waals surface area contributed by atoms with Gasteiger partial charge in [-0.1, -0.05) is 25.0 Å². The number of nitrogens with zero attached hydrogens (tertiary/aromatic N) is 2. The van der Waals surface area contributed by atoms with Crippen molar-refractivity contribution in [2.24, 2.45) is 10.9 Å². The van der Waals surface area contributed by atoms with Gasteiger partial charge in [-0.3, -0.25) is 9.79 Å². The minimum absolute atomic E-state index is 0.147. The van der Waals surface area contributed by atoms with Crippen LogP contribution in [0.5, 0.6) is 0 Å². The van der Waals surface area contributed by atoms with E-state index in [9.17, 15) is 4.79 Å². The summed E-state index contributed by atoms with van der Waals surface area (Å²) < 4.78 is 0. The number of guanidine groups is 1. The van der Waals surface area contributed by atoms with E-state index in [1.54, 1.807) is 18.4 Å². The van der Waals surface area contributed by atoms with Crippen LogP contribution in [0.4, 0.5) is 5.69 Å². The summed E-state index contributed by atoms with van der Waals surface area (Å²) in [4.78, 5) is 22.1. The number of hydrogen-bond donors (Lipinski definition) is 3. The molecule has 6 nitrogen and oxygen atoms in total. The fraction of sp³-hybridized carbons (Fsp3) is 0.450. The molecule has 1 aliphatic rings. The van der Waals surface area contributed by atoms with Gasteiger partial charge in [0.05, 0.1) is 6.54 Å². The highest BCUT2D eigenvalue weighted by atomic mass is 32.1. The zero-order chi connectivity index (χ0) is 19.1. The molecule has 1 heterocycles. The Balaban J connectivity index is 1.50. The maximum Gasteiger partial charge on any atom is 0.227 e. The molecule has 1 aromatic carbocycles. The first-order valence-electron chi connectivity index (χ1n) is 9.39. The van der Waals surface area contributed by atoms with Gasteiger partial charge in [0.25, 0.3) is 0 Å². The van der Waals surface area contributed by atoms with Crippen LogP contribution >= 0.6 is 11.3 Å². The lowest BCUT2D eigenvalue weighted by Gasteiger charge is -2.13. The van der Waals surface area contributed by atoms with Gasteiger partial charge in [0.1, 0.15) is 5.01 Å². The van der Waals surface area contributed by atoms with Crippen LogP contribution in [0.15, 0.2) is 35.5 Å². The molecule has 1 aromatic heterocycles. The SMILES string of the molecule is CN=C(NCc1cccc(NC(=O)C2CCCC2)c1)NCc1ncc(C)s1. The highest BCUT2D eigenvalue weighted by Gasteiger charge is 2.22. The van der Waals surface area contributed by atoms with E-state index in [-0.39, 0.29) is 11.8 Å². The topological polar surface area (TPSA) is 78.4 Å². The molecule has 1 saturated carbocycles. The molecular formula is C20H27N5OS. The van der Waals surface area contributed by atoms with Crippen LogP contribution < -0.4 is 16.0 Å². The Morgan fingerprint density at radius 3 is 2.74 bits per heavy atom. The lowest BCUT2D eigenvalue weighted by molar-refractivity contribution is -0.119. The van der Waals surface area contributed by atoms with Gasteiger partial charge in [-0.05, 0) is 37.5 Å². The summed E-state index contributed by atoms with van der Waals surface area (Å²) in [5.74, 6) is 1.04. The highest BCUT2D eigenvalue weighted by Crippen LogP contribution is 2.26. The third-order valence-corrected chi connectivity index (χ3v) is 5.59. The predicted molar refractivity (Wildman–Crippen MR) is 111 cm³/mol. The van der Waals surface area contributed by atoms with Crippen molar-refractivity contribution in [2.45, 2.75) is 45.7 Å². The third-order valence-electron chi connectivity index (χ3n) is 4.68. The highest BCUT2D eigenvalue weighted by molar-refractivity contribution is 7.11. The summed E-state index contributed by atoms with van der Waals surface area (Å²) in [6, 6.07) is 7.96. The Morgan fingerprint density at radius 2 is 2.04 bits per heavy atom. The number of carbonyl (C=O) groups is 1. The number of hydrogen-bond acceptors (Lipinski definition) is 4. The summed E-state index contributed by atoms with van der Waals surface area (Å²) in [5, 5.41) is 10.7. The van der Waals surface area contributed by atoms with E-state index in [4.69, 9.17) is 0 Å². The average Bonchev–Trinajstić information content (AvgIpc) is 3.34. The van der Waals surface area contributed by atoms with Crippen LogP contribution in [0.25, 0.3) is 0 Å². The average molecular weight is 386 g/mol. The molecule has 0 atom stereocenters. The summed E-state index contributed by atoms with van der Waals surface area (Å²) >= 11 is 1.68. The lowest BCUT2D eigenvalue weighted by Crippen LogP contribution is -2.36. The smallest absolute Gasteiger partial charge is 0.227 e. The van der Waals surface area contributed by atoms with Crippen molar-refractivity contribution in [1.29, 1.82) is 0 Å². The largest absolute Gasteiger partial charge is 0.352 e. The number of aromatic nitrogens is 1. The van der Waals surface area contributed by atoms with Gasteiger partial charge in [-0.2, -0.15) is 0 Å². The van der Waals surface area contributed by atoms with Crippen molar-refractivity contribution in [3.05, 3.63) is 45.9 Å². The fourth-order valence-electron chi connectivity index (χ4n) is 3.24. The molecule has 3 rings (SSSR count). The van der Waals surface area contributed by atoms with E-state index in [2.05, 4.69) is 25.9 Å². The molecule has 144 valence electrons. The summed E-state index contributed by atoms with van der Waals surface area (Å²) in [6.07, 6.45) is 6.22. The van der Waals surface area contributed by atoms with E-state index in [1.165, 1.54) is 4.88 Å². The van der Waals surface area contributed by atoms with Gasteiger partial charge in [0.15, 0.2) is 5.96 Å². The van der Waals surface area contributed by atoms with Gasteiger partial charge >= 0.3 is 0 Å². The van der Waals surface area contributed by atoms with Crippen LogP contribution in [-0.4, -0.2) is 23.9 Å². The monoisotopic (exact) mass is 385 g/mol. The summed E-state index contributed by atoms with van der Waals surface area (Å²) in [5.41, 5.74) is 1.94. The number of amides is 1. The third kappa shape index (κ3) is 5.79. The zero-order valence-electron chi connectivity index (χ0n) is 15.9. The fourth-order valence-corrected chi connectivity index (χ4v) is 3.97. The first-order valence-corrected chi connectivity index (χ1v) is 10.2. The van der Waals surface area contributed by atoms with E-state index in [0.717, 1.165) is 47.9 Å². The molecule has 7 heteroatoms. The number of carbonyl (C=O) groups excluding carboxylic acids is 1. The van der Waals surface area contributed by atoms with Gasteiger partial charge < -0.3 is 16.0 Å². The molecule has 0 unspecified atom stereocenters. The molecule has 0 spiro atoms. The quantitative estimate of drug-likeness (QED) is 0.526. The number of benzene rings is 1.